The Morgan fingerprint density at radius 3 is 2.44 bits per heavy atom. The number of sulfonamides is 1. The predicted molar refractivity (Wildman–Crippen MR) is 99.7 cm³/mol. The van der Waals surface area contributed by atoms with Crippen LogP contribution >= 0.6 is 11.6 Å². The molecule has 0 radical (unpaired) electrons. The third-order valence-corrected chi connectivity index (χ3v) is 6.26. The molecule has 1 aromatic heterocycles. The Bertz CT molecular complexity index is 887. The van der Waals surface area contributed by atoms with Crippen molar-refractivity contribution in [1.82, 2.24) is 8.87 Å². The zero-order valence-corrected chi connectivity index (χ0v) is 16.3. The molecule has 0 atom stereocenters. The van der Waals surface area contributed by atoms with Gasteiger partial charge in [-0.05, 0) is 30.7 Å². The molecule has 0 aliphatic rings. The minimum Gasteiger partial charge on any atom is -0.345 e. The molecule has 0 aliphatic heterocycles. The number of aryl methyl sites for hydroxylation is 2. The van der Waals surface area contributed by atoms with Crippen molar-refractivity contribution in [2.24, 2.45) is 7.05 Å². The molecule has 2 aromatic rings. The van der Waals surface area contributed by atoms with Crippen molar-refractivity contribution in [1.29, 1.82) is 0 Å². The number of hydrogen-bond acceptors (Lipinski definition) is 3. The van der Waals surface area contributed by atoms with Crippen molar-refractivity contribution in [3.8, 4) is 0 Å². The second-order valence-electron chi connectivity index (χ2n) is 5.70. The van der Waals surface area contributed by atoms with Gasteiger partial charge < -0.3 is 9.88 Å². The molecule has 1 amide bonds. The van der Waals surface area contributed by atoms with E-state index in [1.807, 2.05) is 13.0 Å². The zero-order valence-electron chi connectivity index (χ0n) is 14.7. The Kier molecular flexibility index (Phi) is 5.92. The van der Waals surface area contributed by atoms with Crippen molar-refractivity contribution in [3.05, 3.63) is 46.7 Å². The largest absolute Gasteiger partial charge is 0.345 e. The van der Waals surface area contributed by atoms with Gasteiger partial charge in [-0.15, -0.1) is 0 Å². The minimum atomic E-state index is -3.62. The first kappa shape index (κ1) is 19.5. The maximum atomic E-state index is 12.6. The number of rotatable bonds is 6. The standard InChI is InChI=1S/C17H22ClN3O3S/c1-5-21(6-2)25(23,24)13-10-16(20(4)11-13)17(22)19-15-8-7-12(3)9-14(15)18/h7-11H,5-6H2,1-4H3,(H,19,22). The van der Waals surface area contributed by atoms with Gasteiger partial charge in [0, 0.05) is 26.3 Å². The number of nitrogens with one attached hydrogen (secondary N) is 1. The molecule has 1 N–H and O–H groups in total. The summed E-state index contributed by atoms with van der Waals surface area (Å²) < 4.78 is 28.0. The van der Waals surface area contributed by atoms with Crippen LogP contribution < -0.4 is 5.32 Å². The van der Waals surface area contributed by atoms with E-state index in [1.54, 1.807) is 33.0 Å². The summed E-state index contributed by atoms with van der Waals surface area (Å²) in [5.74, 6) is -0.422. The number of aromatic nitrogens is 1. The Balaban J connectivity index is 2.32. The highest BCUT2D eigenvalue weighted by Crippen LogP contribution is 2.24. The SMILES string of the molecule is CCN(CC)S(=O)(=O)c1cc(C(=O)Nc2ccc(C)cc2Cl)n(C)c1. The zero-order chi connectivity index (χ0) is 18.8. The van der Waals surface area contributed by atoms with Crippen LogP contribution in [0.1, 0.15) is 29.9 Å². The second kappa shape index (κ2) is 7.59. The Morgan fingerprint density at radius 1 is 1.24 bits per heavy atom. The molecule has 0 unspecified atom stereocenters. The highest BCUT2D eigenvalue weighted by Gasteiger charge is 2.25. The van der Waals surface area contributed by atoms with E-state index >= 15 is 0 Å². The van der Waals surface area contributed by atoms with Crippen LogP contribution in [0.2, 0.25) is 5.02 Å². The first-order valence-electron chi connectivity index (χ1n) is 7.94. The predicted octanol–water partition coefficient (Wildman–Crippen LogP) is 3.27. The van der Waals surface area contributed by atoms with Crippen LogP contribution in [-0.2, 0) is 17.1 Å². The Hall–Kier alpha value is -1.83. The summed E-state index contributed by atoms with van der Waals surface area (Å²) >= 11 is 6.13. The lowest BCUT2D eigenvalue weighted by molar-refractivity contribution is 0.101. The molecule has 0 aliphatic carbocycles. The van der Waals surface area contributed by atoms with Gasteiger partial charge in [0.05, 0.1) is 10.7 Å². The maximum absolute atomic E-state index is 12.6. The highest BCUT2D eigenvalue weighted by atomic mass is 35.5. The molecule has 8 heteroatoms. The topological polar surface area (TPSA) is 71.4 Å². The fraction of sp³-hybridized carbons (Fsp3) is 0.353. The molecule has 1 aromatic carbocycles. The van der Waals surface area contributed by atoms with Crippen molar-refractivity contribution < 1.29 is 13.2 Å². The summed E-state index contributed by atoms with van der Waals surface area (Å²) in [6.45, 7) is 6.19. The van der Waals surface area contributed by atoms with E-state index in [2.05, 4.69) is 5.32 Å². The van der Waals surface area contributed by atoms with Crippen LogP contribution in [0, 0.1) is 6.92 Å². The van der Waals surface area contributed by atoms with Gasteiger partial charge in [-0.2, -0.15) is 4.31 Å². The quantitative estimate of drug-likeness (QED) is 0.832. The van der Waals surface area contributed by atoms with Gasteiger partial charge in [0.2, 0.25) is 10.0 Å². The fourth-order valence-electron chi connectivity index (χ4n) is 2.52. The van der Waals surface area contributed by atoms with Crippen molar-refractivity contribution in [2.75, 3.05) is 18.4 Å². The van der Waals surface area contributed by atoms with Gasteiger partial charge >= 0.3 is 0 Å². The van der Waals surface area contributed by atoms with Crippen LogP contribution in [0.5, 0.6) is 0 Å². The molecule has 136 valence electrons. The summed E-state index contributed by atoms with van der Waals surface area (Å²) in [7, 11) is -1.98. The summed E-state index contributed by atoms with van der Waals surface area (Å²) in [6, 6.07) is 6.68. The van der Waals surface area contributed by atoms with Crippen LogP contribution in [0.25, 0.3) is 0 Å². The van der Waals surface area contributed by atoms with Gasteiger partial charge in [0.15, 0.2) is 0 Å². The summed E-state index contributed by atoms with van der Waals surface area (Å²) in [4.78, 5) is 12.6. The lowest BCUT2D eigenvalue weighted by Crippen LogP contribution is -2.30. The number of carbonyl (C=O) groups excluding carboxylic acids is 1. The molecule has 0 spiro atoms. The van der Waals surface area contributed by atoms with Crippen LogP contribution in [0.15, 0.2) is 35.4 Å². The molecule has 6 nitrogen and oxygen atoms in total. The molecule has 25 heavy (non-hydrogen) atoms. The lowest BCUT2D eigenvalue weighted by Gasteiger charge is -2.17. The number of nitrogens with zero attached hydrogens (tertiary/aromatic N) is 2. The molecule has 0 bridgehead atoms. The molecule has 0 saturated heterocycles. The molecule has 1 heterocycles. The van der Waals surface area contributed by atoms with Crippen molar-refractivity contribution >= 4 is 33.2 Å². The smallest absolute Gasteiger partial charge is 0.272 e. The minimum absolute atomic E-state index is 0.0962. The number of carbonyl (C=O) groups is 1. The third-order valence-electron chi connectivity index (χ3n) is 3.93. The Morgan fingerprint density at radius 2 is 1.88 bits per heavy atom. The third kappa shape index (κ3) is 4.05. The van der Waals surface area contributed by atoms with Crippen LogP contribution in [0.3, 0.4) is 0 Å². The van der Waals surface area contributed by atoms with Gasteiger partial charge in [-0.25, -0.2) is 8.42 Å². The van der Waals surface area contributed by atoms with Gasteiger partial charge in [-0.1, -0.05) is 31.5 Å². The Labute approximate surface area is 153 Å². The van der Waals surface area contributed by atoms with Crippen molar-refractivity contribution in [2.45, 2.75) is 25.7 Å². The monoisotopic (exact) mass is 383 g/mol. The first-order chi connectivity index (χ1) is 11.7. The number of benzene rings is 1. The molecule has 0 fully saturated rings. The lowest BCUT2D eigenvalue weighted by atomic mass is 10.2. The molecular formula is C17H22ClN3O3S. The number of hydrogen-bond donors (Lipinski definition) is 1. The van der Waals surface area contributed by atoms with E-state index in [4.69, 9.17) is 11.6 Å². The molecular weight excluding hydrogens is 362 g/mol. The van der Waals surface area contributed by atoms with Crippen LogP contribution in [0.4, 0.5) is 5.69 Å². The average molecular weight is 384 g/mol. The van der Waals surface area contributed by atoms with Gasteiger partial charge in [0.25, 0.3) is 5.91 Å². The summed E-state index contributed by atoms with van der Waals surface area (Å²) in [5.41, 5.74) is 1.70. The second-order valence-corrected chi connectivity index (χ2v) is 8.04. The molecule has 0 saturated carbocycles. The van der Waals surface area contributed by atoms with Gasteiger partial charge in [0.1, 0.15) is 10.6 Å². The fourth-order valence-corrected chi connectivity index (χ4v) is 4.33. The number of amides is 1. The van der Waals surface area contributed by atoms with E-state index in [-0.39, 0.29) is 10.6 Å². The van der Waals surface area contributed by atoms with Gasteiger partial charge in [-0.3, -0.25) is 4.79 Å². The average Bonchev–Trinajstić information content (AvgIpc) is 2.94. The van der Waals surface area contributed by atoms with Crippen LogP contribution in [-0.4, -0.2) is 36.3 Å². The van der Waals surface area contributed by atoms with E-state index in [9.17, 15) is 13.2 Å². The van der Waals surface area contributed by atoms with E-state index in [1.165, 1.54) is 21.1 Å². The highest BCUT2D eigenvalue weighted by molar-refractivity contribution is 7.89. The van der Waals surface area contributed by atoms with E-state index in [0.717, 1.165) is 5.56 Å². The first-order valence-corrected chi connectivity index (χ1v) is 9.76. The van der Waals surface area contributed by atoms with E-state index < -0.39 is 15.9 Å². The normalized spacial score (nSPS) is 11.8. The van der Waals surface area contributed by atoms with E-state index in [0.29, 0.717) is 23.8 Å². The maximum Gasteiger partial charge on any atom is 0.272 e. The number of anilines is 1. The molecule has 2 rings (SSSR count). The number of halogens is 1. The van der Waals surface area contributed by atoms with Crippen molar-refractivity contribution in [3.63, 3.8) is 0 Å². The summed E-state index contributed by atoms with van der Waals surface area (Å²) in [5, 5.41) is 3.15. The summed E-state index contributed by atoms with van der Waals surface area (Å²) in [6.07, 6.45) is 1.44.